The van der Waals surface area contributed by atoms with Gasteiger partial charge in [0.2, 0.25) is 0 Å². The molecule has 2 atom stereocenters. The van der Waals surface area contributed by atoms with Crippen LogP contribution in [0.3, 0.4) is 0 Å². The molecule has 1 fully saturated rings. The van der Waals surface area contributed by atoms with Gasteiger partial charge in [0.05, 0.1) is 4.47 Å². The maximum Gasteiger partial charge on any atom is 0.137 e. The molecule has 2 unspecified atom stereocenters. The fraction of sp³-hybridized carbons (Fsp3) is 0.600. The Labute approximate surface area is 117 Å². The van der Waals surface area contributed by atoms with Crippen LogP contribution in [0.5, 0.6) is 0 Å². The first-order valence-corrected chi connectivity index (χ1v) is 7.65. The molecular weight excluding hydrogens is 293 g/mol. The smallest absolute Gasteiger partial charge is 0.137 e. The second kappa shape index (κ2) is 6.67. The Kier molecular flexibility index (Phi) is 5.19. The number of hydrogen-bond donors (Lipinski definition) is 1. The van der Waals surface area contributed by atoms with Crippen molar-refractivity contribution in [2.75, 3.05) is 0 Å². The van der Waals surface area contributed by atoms with Crippen molar-refractivity contribution in [2.45, 2.75) is 51.6 Å². The molecule has 0 saturated heterocycles. The molecule has 0 aliphatic heterocycles. The molecule has 18 heavy (non-hydrogen) atoms. The summed E-state index contributed by atoms with van der Waals surface area (Å²) in [5, 5.41) is 3.61. The van der Waals surface area contributed by atoms with Crippen molar-refractivity contribution in [2.24, 2.45) is 5.92 Å². The van der Waals surface area contributed by atoms with Crippen molar-refractivity contribution in [3.05, 3.63) is 34.1 Å². The molecule has 0 bridgehead atoms. The van der Waals surface area contributed by atoms with Crippen LogP contribution in [0.1, 0.15) is 44.6 Å². The van der Waals surface area contributed by atoms with E-state index in [4.69, 9.17) is 0 Å². The lowest BCUT2D eigenvalue weighted by Gasteiger charge is -2.29. The van der Waals surface area contributed by atoms with E-state index in [0.29, 0.717) is 10.5 Å². The standard InChI is InChI=1S/C15H21BrFN/c1-2-11-4-3-5-13(8-11)18-10-12-6-7-15(17)14(16)9-12/h6-7,9,11,13,18H,2-5,8,10H2,1H3. The molecule has 1 N–H and O–H groups in total. The fourth-order valence-electron chi connectivity index (χ4n) is 2.76. The molecule has 1 aromatic carbocycles. The zero-order chi connectivity index (χ0) is 13.0. The predicted molar refractivity (Wildman–Crippen MR) is 77.0 cm³/mol. The van der Waals surface area contributed by atoms with Gasteiger partial charge in [-0.3, -0.25) is 0 Å². The van der Waals surface area contributed by atoms with Crippen LogP contribution in [0.25, 0.3) is 0 Å². The first kappa shape index (κ1) is 14.0. The van der Waals surface area contributed by atoms with Gasteiger partial charge in [0.1, 0.15) is 5.82 Å². The van der Waals surface area contributed by atoms with Crippen molar-refractivity contribution >= 4 is 15.9 Å². The van der Waals surface area contributed by atoms with Gasteiger partial charge in [-0.05, 0) is 52.4 Å². The van der Waals surface area contributed by atoms with Crippen LogP contribution in [-0.4, -0.2) is 6.04 Å². The quantitative estimate of drug-likeness (QED) is 0.853. The lowest BCUT2D eigenvalue weighted by Crippen LogP contribution is -2.33. The first-order chi connectivity index (χ1) is 8.69. The number of rotatable bonds is 4. The first-order valence-electron chi connectivity index (χ1n) is 6.86. The molecule has 1 aliphatic rings. The van der Waals surface area contributed by atoms with Gasteiger partial charge in [-0.15, -0.1) is 0 Å². The van der Waals surface area contributed by atoms with Gasteiger partial charge in [-0.25, -0.2) is 4.39 Å². The zero-order valence-corrected chi connectivity index (χ0v) is 12.5. The molecular formula is C15H21BrFN. The lowest BCUT2D eigenvalue weighted by atomic mass is 9.84. The third kappa shape index (κ3) is 3.79. The normalized spacial score (nSPS) is 24.2. The SMILES string of the molecule is CCC1CCCC(NCc2ccc(F)c(Br)c2)C1. The summed E-state index contributed by atoms with van der Waals surface area (Å²) >= 11 is 3.23. The largest absolute Gasteiger partial charge is 0.310 e. The average molecular weight is 314 g/mol. The summed E-state index contributed by atoms with van der Waals surface area (Å²) in [4.78, 5) is 0. The topological polar surface area (TPSA) is 12.0 Å². The molecule has 0 spiro atoms. The molecule has 1 nitrogen and oxygen atoms in total. The second-order valence-corrected chi connectivity index (χ2v) is 6.12. The summed E-state index contributed by atoms with van der Waals surface area (Å²) in [6, 6.07) is 5.87. The molecule has 0 radical (unpaired) electrons. The fourth-order valence-corrected chi connectivity index (χ4v) is 3.19. The van der Waals surface area contributed by atoms with E-state index in [2.05, 4.69) is 28.2 Å². The Morgan fingerprint density at radius 2 is 2.22 bits per heavy atom. The van der Waals surface area contributed by atoms with Crippen molar-refractivity contribution in [1.29, 1.82) is 0 Å². The van der Waals surface area contributed by atoms with E-state index in [-0.39, 0.29) is 5.82 Å². The lowest BCUT2D eigenvalue weighted by molar-refractivity contribution is 0.278. The van der Waals surface area contributed by atoms with Crippen LogP contribution in [0, 0.1) is 11.7 Å². The Morgan fingerprint density at radius 3 is 2.94 bits per heavy atom. The maximum absolute atomic E-state index is 13.1. The third-order valence-electron chi connectivity index (χ3n) is 3.94. The highest BCUT2D eigenvalue weighted by Gasteiger charge is 2.20. The van der Waals surface area contributed by atoms with Gasteiger partial charge in [-0.2, -0.15) is 0 Å². The van der Waals surface area contributed by atoms with Gasteiger partial charge in [-0.1, -0.05) is 32.3 Å². The van der Waals surface area contributed by atoms with E-state index in [9.17, 15) is 4.39 Å². The highest BCUT2D eigenvalue weighted by atomic mass is 79.9. The van der Waals surface area contributed by atoms with Gasteiger partial charge in [0, 0.05) is 12.6 Å². The molecule has 100 valence electrons. The predicted octanol–water partition coefficient (Wildman–Crippen LogP) is 4.65. The van der Waals surface area contributed by atoms with E-state index in [1.165, 1.54) is 38.2 Å². The van der Waals surface area contributed by atoms with E-state index in [1.807, 2.05) is 12.1 Å². The maximum atomic E-state index is 13.1. The van der Waals surface area contributed by atoms with Crippen LogP contribution < -0.4 is 5.32 Å². The van der Waals surface area contributed by atoms with Gasteiger partial charge >= 0.3 is 0 Å². The molecule has 2 rings (SSSR count). The molecule has 3 heteroatoms. The summed E-state index contributed by atoms with van der Waals surface area (Å²) in [5.41, 5.74) is 1.14. The third-order valence-corrected chi connectivity index (χ3v) is 4.55. The minimum Gasteiger partial charge on any atom is -0.310 e. The average Bonchev–Trinajstić information content (AvgIpc) is 2.40. The van der Waals surface area contributed by atoms with E-state index in [1.54, 1.807) is 0 Å². The number of halogens is 2. The van der Waals surface area contributed by atoms with Crippen molar-refractivity contribution in [1.82, 2.24) is 5.32 Å². The van der Waals surface area contributed by atoms with E-state index < -0.39 is 0 Å². The summed E-state index contributed by atoms with van der Waals surface area (Å²) in [7, 11) is 0. The van der Waals surface area contributed by atoms with Crippen molar-refractivity contribution in [3.8, 4) is 0 Å². The Hall–Kier alpha value is -0.410. The molecule has 0 aromatic heterocycles. The Bertz CT molecular complexity index is 394. The number of hydrogen-bond acceptors (Lipinski definition) is 1. The minimum absolute atomic E-state index is 0.192. The minimum atomic E-state index is -0.192. The zero-order valence-electron chi connectivity index (χ0n) is 10.9. The molecule has 1 saturated carbocycles. The Morgan fingerprint density at radius 1 is 1.39 bits per heavy atom. The monoisotopic (exact) mass is 313 g/mol. The van der Waals surface area contributed by atoms with E-state index >= 15 is 0 Å². The van der Waals surface area contributed by atoms with Crippen molar-refractivity contribution in [3.63, 3.8) is 0 Å². The summed E-state index contributed by atoms with van der Waals surface area (Å²) in [5.74, 6) is 0.693. The van der Waals surface area contributed by atoms with Crippen LogP contribution in [-0.2, 0) is 6.54 Å². The van der Waals surface area contributed by atoms with Crippen LogP contribution in [0.15, 0.2) is 22.7 Å². The highest BCUT2D eigenvalue weighted by Crippen LogP contribution is 2.26. The van der Waals surface area contributed by atoms with Gasteiger partial charge < -0.3 is 5.32 Å². The molecule has 0 amide bonds. The van der Waals surface area contributed by atoms with Crippen LogP contribution in [0.4, 0.5) is 4.39 Å². The van der Waals surface area contributed by atoms with Crippen LogP contribution in [0.2, 0.25) is 0 Å². The summed E-state index contributed by atoms with van der Waals surface area (Å²) in [6.07, 6.45) is 6.58. The molecule has 1 aromatic rings. The van der Waals surface area contributed by atoms with Crippen molar-refractivity contribution < 1.29 is 4.39 Å². The number of benzene rings is 1. The summed E-state index contributed by atoms with van der Waals surface area (Å²) in [6.45, 7) is 3.12. The van der Waals surface area contributed by atoms with Gasteiger partial charge in [0.25, 0.3) is 0 Å². The molecule has 0 heterocycles. The summed E-state index contributed by atoms with van der Waals surface area (Å²) < 4.78 is 13.7. The Balaban J connectivity index is 1.85. The highest BCUT2D eigenvalue weighted by molar-refractivity contribution is 9.10. The van der Waals surface area contributed by atoms with E-state index in [0.717, 1.165) is 18.0 Å². The second-order valence-electron chi connectivity index (χ2n) is 5.27. The number of nitrogens with one attached hydrogen (secondary N) is 1. The van der Waals surface area contributed by atoms with Gasteiger partial charge in [0.15, 0.2) is 0 Å². The van der Waals surface area contributed by atoms with Crippen LogP contribution >= 0.6 is 15.9 Å². The molecule has 1 aliphatic carbocycles.